The van der Waals surface area contributed by atoms with Gasteiger partial charge in [0.25, 0.3) is 5.91 Å². The summed E-state index contributed by atoms with van der Waals surface area (Å²) in [5.74, 6) is 1.26. The molecule has 26 heavy (non-hydrogen) atoms. The summed E-state index contributed by atoms with van der Waals surface area (Å²) >= 11 is 0. The van der Waals surface area contributed by atoms with E-state index in [2.05, 4.69) is 15.1 Å². The summed E-state index contributed by atoms with van der Waals surface area (Å²) < 4.78 is 5.23. The molecular formula is C19H19N5O2. The van der Waals surface area contributed by atoms with Crippen LogP contribution in [0.2, 0.25) is 0 Å². The molecule has 1 aliphatic heterocycles. The third-order valence-electron chi connectivity index (χ3n) is 4.70. The molecule has 1 saturated heterocycles. The van der Waals surface area contributed by atoms with Gasteiger partial charge in [0, 0.05) is 25.1 Å². The van der Waals surface area contributed by atoms with E-state index < -0.39 is 0 Å². The van der Waals surface area contributed by atoms with Gasteiger partial charge in [-0.2, -0.15) is 0 Å². The Bertz CT molecular complexity index is 919. The smallest absolute Gasteiger partial charge is 0.255 e. The fraction of sp³-hybridized carbons (Fsp3) is 0.316. The summed E-state index contributed by atoms with van der Waals surface area (Å²) in [7, 11) is 0. The molecule has 0 aliphatic carbocycles. The molecule has 7 nitrogen and oxygen atoms in total. The second kappa shape index (κ2) is 6.67. The van der Waals surface area contributed by atoms with Crippen LogP contribution in [0.1, 0.15) is 46.4 Å². The van der Waals surface area contributed by atoms with E-state index in [0.717, 1.165) is 29.8 Å². The normalized spacial score (nSPS) is 16.8. The number of aromatic nitrogens is 4. The lowest BCUT2D eigenvalue weighted by atomic mass is 10.1. The molecule has 3 aromatic heterocycles. The van der Waals surface area contributed by atoms with Crippen LogP contribution in [-0.4, -0.2) is 37.5 Å². The number of likely N-dealkylation sites (tertiary alicyclic amines) is 1. The number of hydrogen-bond acceptors (Lipinski definition) is 6. The molecular weight excluding hydrogens is 330 g/mol. The maximum atomic E-state index is 12.9. The largest absolute Gasteiger partial charge is 0.361 e. The molecule has 3 aromatic rings. The first-order chi connectivity index (χ1) is 12.6. The third kappa shape index (κ3) is 2.85. The average molecular weight is 349 g/mol. The zero-order valence-electron chi connectivity index (χ0n) is 14.7. The van der Waals surface area contributed by atoms with Gasteiger partial charge >= 0.3 is 0 Å². The summed E-state index contributed by atoms with van der Waals surface area (Å²) in [5.41, 5.74) is 3.01. The monoisotopic (exact) mass is 349 g/mol. The first kappa shape index (κ1) is 16.4. The van der Waals surface area contributed by atoms with E-state index in [1.807, 2.05) is 24.8 Å². The fourth-order valence-corrected chi connectivity index (χ4v) is 3.45. The van der Waals surface area contributed by atoms with Crippen LogP contribution in [0.5, 0.6) is 0 Å². The van der Waals surface area contributed by atoms with Crippen LogP contribution < -0.4 is 0 Å². The van der Waals surface area contributed by atoms with Crippen molar-refractivity contribution in [1.82, 2.24) is 25.0 Å². The Kier molecular flexibility index (Phi) is 4.20. The predicted octanol–water partition coefficient (Wildman–Crippen LogP) is 3.12. The molecule has 1 amide bonds. The van der Waals surface area contributed by atoms with Gasteiger partial charge in [-0.25, -0.2) is 9.97 Å². The highest BCUT2D eigenvalue weighted by Gasteiger charge is 2.32. The van der Waals surface area contributed by atoms with Crippen molar-refractivity contribution in [3.05, 3.63) is 59.5 Å². The second-order valence-corrected chi connectivity index (χ2v) is 6.40. The van der Waals surface area contributed by atoms with Gasteiger partial charge in [-0.05, 0) is 44.9 Å². The highest BCUT2D eigenvalue weighted by atomic mass is 16.5. The van der Waals surface area contributed by atoms with E-state index in [9.17, 15) is 4.79 Å². The van der Waals surface area contributed by atoms with Gasteiger partial charge in [0.05, 0.1) is 28.6 Å². The first-order valence-corrected chi connectivity index (χ1v) is 8.62. The Labute approximate surface area is 151 Å². The maximum Gasteiger partial charge on any atom is 0.255 e. The maximum absolute atomic E-state index is 12.9. The van der Waals surface area contributed by atoms with Crippen molar-refractivity contribution < 1.29 is 9.32 Å². The van der Waals surface area contributed by atoms with Crippen molar-refractivity contribution in [2.24, 2.45) is 0 Å². The molecule has 0 radical (unpaired) electrons. The molecule has 7 heteroatoms. The van der Waals surface area contributed by atoms with E-state index in [1.54, 1.807) is 30.7 Å². The molecule has 0 unspecified atom stereocenters. The number of carbonyl (C=O) groups excluding carboxylic acids is 1. The Morgan fingerprint density at radius 2 is 2.15 bits per heavy atom. The van der Waals surface area contributed by atoms with Crippen molar-refractivity contribution in [3.63, 3.8) is 0 Å². The van der Waals surface area contributed by atoms with Gasteiger partial charge in [-0.3, -0.25) is 9.78 Å². The number of rotatable bonds is 3. The Morgan fingerprint density at radius 3 is 2.88 bits per heavy atom. The standard InChI is InChI=1S/C19H19N5O2/c1-12-17(13(2)26-23-12)18-21-9-7-15(22-18)16-6-4-10-24(16)19(25)14-5-3-8-20-11-14/h3,5,7-9,11,16H,4,6,10H2,1-2H3/t16-/m0/s1. The highest BCUT2D eigenvalue weighted by Crippen LogP contribution is 2.33. The van der Waals surface area contributed by atoms with Gasteiger partial charge in [-0.1, -0.05) is 5.16 Å². The zero-order valence-corrected chi connectivity index (χ0v) is 14.7. The Hall–Kier alpha value is -3.09. The summed E-state index contributed by atoms with van der Waals surface area (Å²) in [6, 6.07) is 5.38. The van der Waals surface area contributed by atoms with Crippen LogP contribution in [0.25, 0.3) is 11.4 Å². The van der Waals surface area contributed by atoms with Gasteiger partial charge < -0.3 is 9.42 Å². The zero-order chi connectivity index (χ0) is 18.1. The quantitative estimate of drug-likeness (QED) is 0.722. The molecule has 1 fully saturated rings. The molecule has 0 saturated carbocycles. The number of carbonyl (C=O) groups is 1. The fourth-order valence-electron chi connectivity index (χ4n) is 3.45. The molecule has 0 spiro atoms. The van der Waals surface area contributed by atoms with Crippen molar-refractivity contribution >= 4 is 5.91 Å². The number of aryl methyl sites for hydroxylation is 2. The summed E-state index contributed by atoms with van der Waals surface area (Å²) in [5, 5.41) is 3.98. The molecule has 1 aliphatic rings. The van der Waals surface area contributed by atoms with Crippen molar-refractivity contribution in [1.29, 1.82) is 0 Å². The SMILES string of the molecule is Cc1noc(C)c1-c1nccc([C@@H]2CCCN2C(=O)c2cccnc2)n1. The van der Waals surface area contributed by atoms with Crippen LogP contribution in [0.15, 0.2) is 41.3 Å². The number of pyridine rings is 1. The van der Waals surface area contributed by atoms with Crippen LogP contribution in [0.4, 0.5) is 0 Å². The summed E-state index contributed by atoms with van der Waals surface area (Å²) in [4.78, 5) is 27.9. The lowest BCUT2D eigenvalue weighted by Gasteiger charge is -2.24. The van der Waals surface area contributed by atoms with E-state index in [4.69, 9.17) is 9.51 Å². The van der Waals surface area contributed by atoms with Crippen LogP contribution in [-0.2, 0) is 0 Å². The second-order valence-electron chi connectivity index (χ2n) is 6.40. The lowest BCUT2D eigenvalue weighted by Crippen LogP contribution is -2.31. The van der Waals surface area contributed by atoms with Crippen LogP contribution in [0.3, 0.4) is 0 Å². The van der Waals surface area contributed by atoms with E-state index in [0.29, 0.717) is 23.7 Å². The predicted molar refractivity (Wildman–Crippen MR) is 94.3 cm³/mol. The number of nitrogens with zero attached hydrogens (tertiary/aromatic N) is 5. The van der Waals surface area contributed by atoms with Gasteiger partial charge in [-0.15, -0.1) is 0 Å². The molecule has 132 valence electrons. The van der Waals surface area contributed by atoms with E-state index in [1.165, 1.54) is 0 Å². The van der Waals surface area contributed by atoms with Gasteiger partial charge in [0.1, 0.15) is 5.76 Å². The van der Waals surface area contributed by atoms with E-state index in [-0.39, 0.29) is 11.9 Å². The minimum absolute atomic E-state index is 0.0156. The average Bonchev–Trinajstić information content (AvgIpc) is 3.29. The molecule has 0 aromatic carbocycles. The van der Waals surface area contributed by atoms with E-state index >= 15 is 0 Å². The van der Waals surface area contributed by atoms with Crippen LogP contribution in [0, 0.1) is 13.8 Å². The summed E-state index contributed by atoms with van der Waals surface area (Å²) in [6.07, 6.45) is 6.82. The molecule has 1 atom stereocenters. The lowest BCUT2D eigenvalue weighted by molar-refractivity contribution is 0.0732. The molecule has 4 rings (SSSR count). The van der Waals surface area contributed by atoms with Crippen molar-refractivity contribution in [3.8, 4) is 11.4 Å². The molecule has 4 heterocycles. The molecule has 0 bridgehead atoms. The third-order valence-corrected chi connectivity index (χ3v) is 4.70. The highest BCUT2D eigenvalue weighted by molar-refractivity contribution is 5.94. The Balaban J connectivity index is 1.67. The number of hydrogen-bond donors (Lipinski definition) is 0. The van der Waals surface area contributed by atoms with Gasteiger partial charge in [0.15, 0.2) is 5.82 Å². The summed E-state index contributed by atoms with van der Waals surface area (Å²) in [6.45, 7) is 4.43. The van der Waals surface area contributed by atoms with Crippen LogP contribution >= 0.6 is 0 Å². The van der Waals surface area contributed by atoms with Crippen molar-refractivity contribution in [2.75, 3.05) is 6.54 Å². The molecule has 0 N–H and O–H groups in total. The first-order valence-electron chi connectivity index (χ1n) is 8.62. The Morgan fingerprint density at radius 1 is 1.27 bits per heavy atom. The topological polar surface area (TPSA) is 85.0 Å². The van der Waals surface area contributed by atoms with Crippen molar-refractivity contribution in [2.45, 2.75) is 32.7 Å². The number of amides is 1. The van der Waals surface area contributed by atoms with Gasteiger partial charge in [0.2, 0.25) is 0 Å². The minimum Gasteiger partial charge on any atom is -0.361 e. The minimum atomic E-state index is -0.0649.